The van der Waals surface area contributed by atoms with Gasteiger partial charge in [-0.15, -0.1) is 10.2 Å². The number of ether oxygens (including phenoxy) is 3. The molecule has 0 aliphatic rings. The number of methoxy groups -OCH3 is 1. The summed E-state index contributed by atoms with van der Waals surface area (Å²) in [5, 5.41) is 18.4. The van der Waals surface area contributed by atoms with Crippen LogP contribution < -0.4 is 14.2 Å². The Labute approximate surface area is 188 Å². The zero-order chi connectivity index (χ0) is 23.1. The summed E-state index contributed by atoms with van der Waals surface area (Å²) < 4.78 is 35.1. The van der Waals surface area contributed by atoms with Gasteiger partial charge in [0.05, 0.1) is 13.2 Å². The largest absolute Gasteiger partial charge is 0.493 e. The van der Waals surface area contributed by atoms with Crippen molar-refractivity contribution in [3.05, 3.63) is 59.7 Å². The normalized spacial score (nSPS) is 12.8. The Morgan fingerprint density at radius 3 is 2.62 bits per heavy atom. The fourth-order valence-corrected chi connectivity index (χ4v) is 3.29. The summed E-state index contributed by atoms with van der Waals surface area (Å²) in [7, 11) is 1.48. The number of Topliss-reactive ketones (excluding diaryl/α,β-unsaturated/α-hetero) is 1. The van der Waals surface area contributed by atoms with Crippen LogP contribution in [-0.2, 0) is 0 Å². The summed E-state index contributed by atoms with van der Waals surface area (Å²) in [5.74, 6) is 1.40. The van der Waals surface area contributed by atoms with Crippen LogP contribution in [0, 0.1) is 5.82 Å². The van der Waals surface area contributed by atoms with Crippen molar-refractivity contribution < 1.29 is 32.9 Å². The van der Waals surface area contributed by atoms with Crippen molar-refractivity contribution in [2.75, 3.05) is 19.5 Å². The SMILES string of the molecule is COc1cc(C(C)=O)ccc1OCC(O)CSc1nnc(C(C)Oc2ccc(F)cc2)o1. The van der Waals surface area contributed by atoms with Crippen molar-refractivity contribution in [1.29, 1.82) is 0 Å². The number of nitrogens with zero attached hydrogens (tertiary/aromatic N) is 2. The molecule has 1 aromatic heterocycles. The highest BCUT2D eigenvalue weighted by atomic mass is 32.2. The van der Waals surface area contributed by atoms with E-state index >= 15 is 0 Å². The Morgan fingerprint density at radius 2 is 1.94 bits per heavy atom. The van der Waals surface area contributed by atoms with Gasteiger partial charge in [-0.1, -0.05) is 11.8 Å². The summed E-state index contributed by atoms with van der Waals surface area (Å²) in [6.45, 7) is 3.21. The fraction of sp³-hybridized carbons (Fsp3) is 0.318. The molecule has 0 saturated carbocycles. The molecule has 0 bridgehead atoms. The van der Waals surface area contributed by atoms with Crippen LogP contribution in [0.25, 0.3) is 0 Å². The Hall–Kier alpha value is -3.11. The molecule has 2 unspecified atom stereocenters. The van der Waals surface area contributed by atoms with Crippen LogP contribution in [0.5, 0.6) is 17.2 Å². The van der Waals surface area contributed by atoms with Gasteiger partial charge in [-0.2, -0.15) is 0 Å². The highest BCUT2D eigenvalue weighted by molar-refractivity contribution is 7.99. The third-order valence-electron chi connectivity index (χ3n) is 4.30. The minimum absolute atomic E-state index is 0.00779. The Balaban J connectivity index is 1.48. The van der Waals surface area contributed by atoms with Crippen molar-refractivity contribution in [3.63, 3.8) is 0 Å². The first kappa shape index (κ1) is 23.6. The molecular formula is C22H23FN2O6S. The van der Waals surface area contributed by atoms with E-state index in [0.717, 1.165) is 0 Å². The molecule has 0 spiro atoms. The first-order valence-corrected chi connectivity index (χ1v) is 10.7. The minimum Gasteiger partial charge on any atom is -0.493 e. The molecule has 3 rings (SSSR count). The monoisotopic (exact) mass is 462 g/mol. The minimum atomic E-state index is -0.819. The summed E-state index contributed by atoms with van der Waals surface area (Å²) in [6, 6.07) is 10.5. The number of aliphatic hydroxyl groups is 1. The number of rotatable bonds is 11. The number of carbonyl (C=O) groups excluding carboxylic acids is 1. The van der Waals surface area contributed by atoms with Crippen LogP contribution in [0.4, 0.5) is 4.39 Å². The molecule has 0 aliphatic carbocycles. The van der Waals surface area contributed by atoms with Crippen LogP contribution >= 0.6 is 11.8 Å². The van der Waals surface area contributed by atoms with Gasteiger partial charge >= 0.3 is 0 Å². The first-order valence-electron chi connectivity index (χ1n) is 9.74. The van der Waals surface area contributed by atoms with Gasteiger partial charge in [-0.05, 0) is 56.3 Å². The molecular weight excluding hydrogens is 439 g/mol. The third kappa shape index (κ3) is 6.44. The van der Waals surface area contributed by atoms with E-state index in [0.29, 0.717) is 22.8 Å². The summed E-state index contributed by atoms with van der Waals surface area (Å²) in [6.07, 6.45) is -1.35. The van der Waals surface area contributed by atoms with E-state index in [1.54, 1.807) is 25.1 Å². The van der Waals surface area contributed by atoms with E-state index in [1.807, 2.05) is 0 Å². The van der Waals surface area contributed by atoms with Gasteiger partial charge in [0.2, 0.25) is 0 Å². The van der Waals surface area contributed by atoms with Crippen LogP contribution in [0.3, 0.4) is 0 Å². The van der Waals surface area contributed by atoms with E-state index in [1.165, 1.54) is 50.1 Å². The predicted molar refractivity (Wildman–Crippen MR) is 115 cm³/mol. The lowest BCUT2D eigenvalue weighted by Gasteiger charge is -2.14. The van der Waals surface area contributed by atoms with E-state index in [9.17, 15) is 14.3 Å². The lowest BCUT2D eigenvalue weighted by molar-refractivity contribution is 0.101. The van der Waals surface area contributed by atoms with Gasteiger partial charge in [0.15, 0.2) is 23.4 Å². The van der Waals surface area contributed by atoms with Gasteiger partial charge < -0.3 is 23.7 Å². The van der Waals surface area contributed by atoms with E-state index in [4.69, 9.17) is 18.6 Å². The van der Waals surface area contributed by atoms with Gasteiger partial charge in [-0.25, -0.2) is 4.39 Å². The number of hydrogen-bond acceptors (Lipinski definition) is 9. The molecule has 0 radical (unpaired) electrons. The van der Waals surface area contributed by atoms with E-state index in [2.05, 4.69) is 10.2 Å². The van der Waals surface area contributed by atoms with Crippen LogP contribution in [0.1, 0.15) is 36.2 Å². The second kappa shape index (κ2) is 11.0. The molecule has 1 N–H and O–H groups in total. The molecule has 2 aromatic carbocycles. The zero-order valence-corrected chi connectivity index (χ0v) is 18.6. The molecule has 32 heavy (non-hydrogen) atoms. The molecule has 2 atom stereocenters. The molecule has 170 valence electrons. The predicted octanol–water partition coefficient (Wildman–Crippen LogP) is 4.09. The maximum absolute atomic E-state index is 13.0. The number of hydrogen-bond donors (Lipinski definition) is 1. The highest BCUT2D eigenvalue weighted by Gasteiger charge is 2.18. The van der Waals surface area contributed by atoms with Crippen molar-refractivity contribution in [2.45, 2.75) is 31.3 Å². The number of halogens is 1. The smallest absolute Gasteiger partial charge is 0.276 e. The Morgan fingerprint density at radius 1 is 1.19 bits per heavy atom. The molecule has 10 heteroatoms. The zero-order valence-electron chi connectivity index (χ0n) is 17.8. The first-order chi connectivity index (χ1) is 15.4. The average Bonchev–Trinajstić information content (AvgIpc) is 3.27. The molecule has 1 heterocycles. The van der Waals surface area contributed by atoms with Gasteiger partial charge in [0.1, 0.15) is 18.2 Å². The van der Waals surface area contributed by atoms with Gasteiger partial charge in [0.25, 0.3) is 11.1 Å². The van der Waals surface area contributed by atoms with Crippen molar-refractivity contribution in [1.82, 2.24) is 10.2 Å². The second-order valence-corrected chi connectivity index (χ2v) is 7.79. The molecule has 0 fully saturated rings. The number of carbonyl (C=O) groups is 1. The average molecular weight is 462 g/mol. The number of aliphatic hydroxyl groups excluding tert-OH is 1. The number of thioether (sulfide) groups is 1. The lowest BCUT2D eigenvalue weighted by Crippen LogP contribution is -2.20. The second-order valence-electron chi connectivity index (χ2n) is 6.82. The van der Waals surface area contributed by atoms with E-state index < -0.39 is 12.2 Å². The summed E-state index contributed by atoms with van der Waals surface area (Å²) in [4.78, 5) is 11.5. The molecule has 0 aliphatic heterocycles. The molecule has 8 nitrogen and oxygen atoms in total. The Kier molecular flexibility index (Phi) is 8.07. The lowest BCUT2D eigenvalue weighted by atomic mass is 10.1. The maximum Gasteiger partial charge on any atom is 0.276 e. The van der Waals surface area contributed by atoms with Crippen molar-refractivity contribution >= 4 is 17.5 Å². The fourth-order valence-electron chi connectivity index (χ4n) is 2.62. The van der Waals surface area contributed by atoms with Crippen molar-refractivity contribution in [3.8, 4) is 17.2 Å². The van der Waals surface area contributed by atoms with Gasteiger partial charge in [0, 0.05) is 11.3 Å². The maximum atomic E-state index is 13.0. The van der Waals surface area contributed by atoms with Crippen LogP contribution in [-0.4, -0.2) is 46.7 Å². The molecule has 3 aromatic rings. The van der Waals surface area contributed by atoms with E-state index in [-0.39, 0.29) is 35.1 Å². The quantitative estimate of drug-likeness (QED) is 0.333. The summed E-state index contributed by atoms with van der Waals surface area (Å²) in [5.41, 5.74) is 0.509. The Bertz CT molecular complexity index is 1040. The van der Waals surface area contributed by atoms with Gasteiger partial charge in [-0.3, -0.25) is 4.79 Å². The number of benzene rings is 2. The highest BCUT2D eigenvalue weighted by Crippen LogP contribution is 2.29. The topological polar surface area (TPSA) is 104 Å². The van der Waals surface area contributed by atoms with Crippen LogP contribution in [0.15, 0.2) is 52.1 Å². The molecule has 0 saturated heterocycles. The van der Waals surface area contributed by atoms with Crippen LogP contribution in [0.2, 0.25) is 0 Å². The standard InChI is InChI=1S/C22H23FN2O6S/c1-13(26)15-4-9-19(20(10-15)28-3)29-11-17(27)12-32-22-25-24-21(31-22)14(2)30-18-7-5-16(23)6-8-18/h4-10,14,17,27H,11-12H2,1-3H3. The number of ketones is 1. The number of aromatic nitrogens is 2. The molecule has 0 amide bonds. The summed E-state index contributed by atoms with van der Waals surface area (Å²) >= 11 is 1.18. The third-order valence-corrected chi connectivity index (χ3v) is 5.26. The van der Waals surface area contributed by atoms with Crippen molar-refractivity contribution in [2.24, 2.45) is 0 Å².